The van der Waals surface area contributed by atoms with Crippen molar-refractivity contribution in [3.8, 4) is 5.69 Å². The highest BCUT2D eigenvalue weighted by Gasteiger charge is 2.44. The van der Waals surface area contributed by atoms with Crippen molar-refractivity contribution in [2.24, 2.45) is 16.8 Å². The Morgan fingerprint density at radius 2 is 1.90 bits per heavy atom. The maximum absolute atomic E-state index is 13.6. The minimum Gasteiger partial charge on any atom is -0.355 e. The Morgan fingerprint density at radius 1 is 1.06 bits per heavy atom. The minimum atomic E-state index is 0.0676. The van der Waals surface area contributed by atoms with Crippen LogP contribution >= 0.6 is 11.8 Å². The van der Waals surface area contributed by atoms with Gasteiger partial charge in [-0.15, -0.1) is 0 Å². The molecule has 1 amide bonds. The number of benzene rings is 1. The van der Waals surface area contributed by atoms with Crippen LogP contribution in [0.4, 0.5) is 0 Å². The molecule has 4 aliphatic rings. The smallest absolute Gasteiger partial charge is 0.256 e. The second-order valence-corrected chi connectivity index (χ2v) is 10.0. The van der Waals surface area contributed by atoms with E-state index in [9.17, 15) is 4.79 Å². The van der Waals surface area contributed by atoms with Crippen LogP contribution in [0.15, 0.2) is 53.9 Å². The minimum absolute atomic E-state index is 0.0676. The van der Waals surface area contributed by atoms with Gasteiger partial charge in [-0.25, -0.2) is 4.99 Å². The standard InChI is InChI=1S/C23H26N6OS/c30-23(17-3-1-2-4-19(17)29-25-10-11-26-29)27-12-6-16-7-13-28(20(16)15-27)22-18-8-14-31-21(18)5-9-24-22/h1-5,9-11,16,18,20-21H,6-8,12-15H2/t16-,18?,20-,21?/m0/s1. The summed E-state index contributed by atoms with van der Waals surface area (Å²) < 4.78 is 0. The predicted octanol–water partition coefficient (Wildman–Crippen LogP) is 2.85. The van der Waals surface area contributed by atoms with E-state index < -0.39 is 0 Å². The van der Waals surface area contributed by atoms with E-state index in [0.717, 1.165) is 31.7 Å². The molecule has 0 bridgehead atoms. The summed E-state index contributed by atoms with van der Waals surface area (Å²) in [5.41, 5.74) is 1.39. The van der Waals surface area contributed by atoms with Gasteiger partial charge in [-0.05, 0) is 43.1 Å². The van der Waals surface area contributed by atoms with Gasteiger partial charge >= 0.3 is 0 Å². The normalized spacial score (nSPS) is 29.6. The fraction of sp³-hybridized carbons (Fsp3) is 0.478. The molecule has 3 fully saturated rings. The number of piperidine rings is 1. The van der Waals surface area contributed by atoms with E-state index in [1.807, 2.05) is 47.1 Å². The van der Waals surface area contributed by atoms with E-state index in [4.69, 9.17) is 4.99 Å². The summed E-state index contributed by atoms with van der Waals surface area (Å²) in [6, 6.07) is 7.99. The summed E-state index contributed by atoms with van der Waals surface area (Å²) in [6.07, 6.45) is 11.0. The van der Waals surface area contributed by atoms with Crippen LogP contribution in [-0.2, 0) is 0 Å². The van der Waals surface area contributed by atoms with Crippen LogP contribution in [0, 0.1) is 11.8 Å². The molecule has 160 valence electrons. The van der Waals surface area contributed by atoms with Crippen LogP contribution in [0.25, 0.3) is 5.69 Å². The molecule has 8 heteroatoms. The fourth-order valence-corrected chi connectivity index (χ4v) is 6.95. The van der Waals surface area contributed by atoms with Gasteiger partial charge in [0.25, 0.3) is 5.91 Å². The van der Waals surface area contributed by atoms with E-state index >= 15 is 0 Å². The molecule has 4 aliphatic heterocycles. The number of fused-ring (bicyclic) bond motifs is 2. The number of likely N-dealkylation sites (tertiary alicyclic amines) is 2. The van der Waals surface area contributed by atoms with Crippen molar-refractivity contribution < 1.29 is 4.79 Å². The number of thioether (sulfide) groups is 1. The Morgan fingerprint density at radius 3 is 2.81 bits per heavy atom. The largest absolute Gasteiger partial charge is 0.355 e. The Bertz CT molecular complexity index is 1030. The number of aromatic nitrogens is 3. The molecule has 5 heterocycles. The number of rotatable bonds is 2. The molecule has 3 saturated heterocycles. The van der Waals surface area contributed by atoms with Crippen molar-refractivity contribution in [1.29, 1.82) is 0 Å². The SMILES string of the molecule is O=C(c1ccccc1-n1nccn1)N1CC[C@H]2CCN(C3=NC=CC4SCCC34)[C@H]2C1. The second kappa shape index (κ2) is 7.82. The van der Waals surface area contributed by atoms with Gasteiger partial charge in [0.2, 0.25) is 0 Å². The molecule has 2 unspecified atom stereocenters. The Kier molecular flexibility index (Phi) is 4.82. The quantitative estimate of drug-likeness (QED) is 0.727. The van der Waals surface area contributed by atoms with Crippen LogP contribution in [-0.4, -0.2) is 73.2 Å². The van der Waals surface area contributed by atoms with Gasteiger partial charge in [0.1, 0.15) is 5.84 Å². The van der Waals surface area contributed by atoms with Crippen molar-refractivity contribution >= 4 is 23.5 Å². The molecule has 7 nitrogen and oxygen atoms in total. The molecule has 1 aromatic carbocycles. The Labute approximate surface area is 186 Å². The molecule has 2 aromatic rings. The van der Waals surface area contributed by atoms with Crippen LogP contribution in [0.3, 0.4) is 0 Å². The molecule has 0 N–H and O–H groups in total. The number of para-hydroxylation sites is 1. The lowest BCUT2D eigenvalue weighted by molar-refractivity contribution is 0.0626. The lowest BCUT2D eigenvalue weighted by atomic mass is 9.90. The summed E-state index contributed by atoms with van der Waals surface area (Å²) in [6.45, 7) is 2.63. The molecule has 6 rings (SSSR count). The zero-order valence-electron chi connectivity index (χ0n) is 17.4. The van der Waals surface area contributed by atoms with Gasteiger partial charge in [0.15, 0.2) is 0 Å². The van der Waals surface area contributed by atoms with Crippen LogP contribution in [0.1, 0.15) is 29.6 Å². The highest BCUT2D eigenvalue weighted by molar-refractivity contribution is 8.00. The van der Waals surface area contributed by atoms with E-state index in [1.54, 1.807) is 12.4 Å². The number of aliphatic imine (C=N–C) groups is 1. The number of amides is 1. The number of nitrogens with zero attached hydrogens (tertiary/aromatic N) is 6. The first-order valence-corrected chi connectivity index (χ1v) is 12.2. The van der Waals surface area contributed by atoms with Gasteiger partial charge in [-0.3, -0.25) is 4.79 Å². The van der Waals surface area contributed by atoms with Crippen molar-refractivity contribution in [3.63, 3.8) is 0 Å². The summed E-state index contributed by atoms with van der Waals surface area (Å²) in [4.78, 5) is 24.5. The zero-order valence-corrected chi connectivity index (χ0v) is 18.2. The van der Waals surface area contributed by atoms with Crippen molar-refractivity contribution in [2.45, 2.75) is 30.6 Å². The van der Waals surface area contributed by atoms with Crippen LogP contribution in [0.2, 0.25) is 0 Å². The first-order chi connectivity index (χ1) is 15.3. The lowest BCUT2D eigenvalue weighted by Gasteiger charge is -2.41. The molecule has 0 radical (unpaired) electrons. The first-order valence-electron chi connectivity index (χ1n) is 11.2. The average Bonchev–Trinajstić information content (AvgIpc) is 3.58. The average molecular weight is 435 g/mol. The summed E-state index contributed by atoms with van der Waals surface area (Å²) in [7, 11) is 0. The zero-order chi connectivity index (χ0) is 20.8. The third kappa shape index (κ3) is 3.28. The highest BCUT2D eigenvalue weighted by atomic mass is 32.2. The molecular weight excluding hydrogens is 408 g/mol. The number of hydrogen-bond acceptors (Lipinski definition) is 6. The predicted molar refractivity (Wildman–Crippen MR) is 121 cm³/mol. The topological polar surface area (TPSA) is 66.6 Å². The lowest BCUT2D eigenvalue weighted by Crippen LogP contribution is -2.53. The van der Waals surface area contributed by atoms with E-state index in [0.29, 0.717) is 28.7 Å². The molecular formula is C23H26N6OS. The number of carbonyl (C=O) groups excluding carboxylic acids is 1. The summed E-state index contributed by atoms with van der Waals surface area (Å²) >= 11 is 2.05. The first kappa shape index (κ1) is 19.1. The number of amidine groups is 1. The number of carbonyl (C=O) groups is 1. The maximum atomic E-state index is 13.6. The van der Waals surface area contributed by atoms with Gasteiger partial charge in [0, 0.05) is 37.0 Å². The van der Waals surface area contributed by atoms with Gasteiger partial charge in [-0.2, -0.15) is 26.8 Å². The van der Waals surface area contributed by atoms with E-state index in [-0.39, 0.29) is 5.91 Å². The number of hydrogen-bond donors (Lipinski definition) is 0. The molecule has 4 atom stereocenters. The third-order valence-corrected chi connectivity index (χ3v) is 8.50. The molecule has 31 heavy (non-hydrogen) atoms. The van der Waals surface area contributed by atoms with Gasteiger partial charge in [0.05, 0.1) is 29.7 Å². The van der Waals surface area contributed by atoms with Crippen LogP contribution < -0.4 is 0 Å². The van der Waals surface area contributed by atoms with Crippen LogP contribution in [0.5, 0.6) is 0 Å². The maximum Gasteiger partial charge on any atom is 0.256 e. The molecule has 0 saturated carbocycles. The van der Waals surface area contributed by atoms with Gasteiger partial charge in [-0.1, -0.05) is 18.2 Å². The summed E-state index contributed by atoms with van der Waals surface area (Å²) in [5.74, 6) is 3.72. The van der Waals surface area contributed by atoms with Crippen molar-refractivity contribution in [2.75, 3.05) is 25.4 Å². The van der Waals surface area contributed by atoms with Crippen molar-refractivity contribution in [1.82, 2.24) is 24.8 Å². The van der Waals surface area contributed by atoms with Gasteiger partial charge < -0.3 is 9.80 Å². The molecule has 0 spiro atoms. The third-order valence-electron chi connectivity index (χ3n) is 7.16. The van der Waals surface area contributed by atoms with E-state index in [1.165, 1.54) is 29.2 Å². The molecule has 1 aromatic heterocycles. The van der Waals surface area contributed by atoms with Crippen molar-refractivity contribution in [3.05, 3.63) is 54.5 Å². The Balaban J connectivity index is 1.25. The highest BCUT2D eigenvalue weighted by Crippen LogP contribution is 2.40. The molecule has 0 aliphatic carbocycles. The fourth-order valence-electron chi connectivity index (χ4n) is 5.61. The Hall–Kier alpha value is -2.61. The second-order valence-electron chi connectivity index (χ2n) is 8.74. The summed E-state index contributed by atoms with van der Waals surface area (Å²) in [5, 5.41) is 9.04. The van der Waals surface area contributed by atoms with E-state index in [2.05, 4.69) is 21.2 Å². The monoisotopic (exact) mass is 434 g/mol.